The maximum atomic E-state index is 12.4. The van der Waals surface area contributed by atoms with E-state index in [2.05, 4.69) is 5.43 Å². The Morgan fingerprint density at radius 3 is 2.50 bits per heavy atom. The van der Waals surface area contributed by atoms with Crippen LogP contribution in [0, 0.1) is 10.1 Å². The molecule has 0 atom stereocenters. The highest BCUT2D eigenvalue weighted by Crippen LogP contribution is 2.38. The van der Waals surface area contributed by atoms with Crippen LogP contribution in [-0.2, 0) is 10.0 Å². The molecule has 0 radical (unpaired) electrons. The van der Waals surface area contributed by atoms with E-state index in [4.69, 9.17) is 5.84 Å². The number of anilines is 1. The van der Waals surface area contributed by atoms with E-state index in [1.807, 2.05) is 0 Å². The molecule has 0 unspecified atom stereocenters. The van der Waals surface area contributed by atoms with Crippen molar-refractivity contribution in [2.24, 2.45) is 5.84 Å². The summed E-state index contributed by atoms with van der Waals surface area (Å²) in [7, 11) is -2.66. The van der Waals surface area contributed by atoms with Gasteiger partial charge in [0.05, 0.1) is 17.1 Å². The van der Waals surface area contributed by atoms with Crippen LogP contribution in [0.5, 0.6) is 0 Å². The minimum Gasteiger partial charge on any atom is -0.394 e. The molecule has 1 heterocycles. The standard InChI is InChI=1S/C9H16N4O5S2/c1-9(2,5-14)12(3)20(17,18)7-4-6(13(15)16)8(11-10)19-7/h4,11,14H,5,10H2,1-3H3. The van der Waals surface area contributed by atoms with Gasteiger partial charge in [0.15, 0.2) is 5.00 Å². The van der Waals surface area contributed by atoms with Crippen LogP contribution in [0.3, 0.4) is 0 Å². The normalized spacial score (nSPS) is 12.7. The lowest BCUT2D eigenvalue weighted by atomic mass is 10.1. The minimum atomic E-state index is -3.96. The number of hydrogen-bond acceptors (Lipinski definition) is 8. The Morgan fingerprint density at radius 2 is 2.15 bits per heavy atom. The molecule has 0 amide bonds. The molecule has 0 fully saturated rings. The molecule has 4 N–H and O–H groups in total. The Bertz CT molecular complexity index is 610. The van der Waals surface area contributed by atoms with Crippen LogP contribution in [0.2, 0.25) is 0 Å². The highest BCUT2D eigenvalue weighted by Gasteiger charge is 2.36. The fourth-order valence-electron chi connectivity index (χ4n) is 1.29. The second kappa shape index (κ2) is 5.61. The van der Waals surface area contributed by atoms with Crippen molar-refractivity contribution in [1.82, 2.24) is 4.31 Å². The predicted molar refractivity (Wildman–Crippen MR) is 74.9 cm³/mol. The van der Waals surface area contributed by atoms with Gasteiger partial charge in [-0.3, -0.25) is 10.1 Å². The summed E-state index contributed by atoms with van der Waals surface area (Å²) in [5.74, 6) is 5.14. The summed E-state index contributed by atoms with van der Waals surface area (Å²) < 4.78 is 25.5. The topological polar surface area (TPSA) is 139 Å². The Labute approximate surface area is 120 Å². The number of nitrogen functional groups attached to an aromatic ring is 1. The Balaban J connectivity index is 3.33. The summed E-state index contributed by atoms with van der Waals surface area (Å²) in [6.07, 6.45) is 0. The highest BCUT2D eigenvalue weighted by atomic mass is 32.2. The molecule has 1 aromatic rings. The smallest absolute Gasteiger partial charge is 0.306 e. The Hall–Kier alpha value is -1.27. The number of nitro groups is 1. The van der Waals surface area contributed by atoms with Crippen molar-refractivity contribution >= 4 is 32.0 Å². The first-order valence-electron chi connectivity index (χ1n) is 5.42. The van der Waals surface area contributed by atoms with Gasteiger partial charge >= 0.3 is 5.69 Å². The fourth-order valence-corrected chi connectivity index (χ4v) is 4.20. The molecule has 1 aromatic heterocycles. The van der Waals surface area contributed by atoms with Crippen LogP contribution in [0.1, 0.15) is 13.8 Å². The molecular weight excluding hydrogens is 308 g/mol. The van der Waals surface area contributed by atoms with Crippen molar-refractivity contribution in [3.05, 3.63) is 16.2 Å². The van der Waals surface area contributed by atoms with Gasteiger partial charge in [-0.15, -0.1) is 0 Å². The van der Waals surface area contributed by atoms with Gasteiger partial charge in [-0.05, 0) is 13.8 Å². The molecule has 0 saturated carbocycles. The zero-order chi connectivity index (χ0) is 15.7. The summed E-state index contributed by atoms with van der Waals surface area (Å²) in [4.78, 5) is 10.1. The van der Waals surface area contributed by atoms with Crippen molar-refractivity contribution < 1.29 is 18.4 Å². The van der Waals surface area contributed by atoms with Crippen molar-refractivity contribution in [2.45, 2.75) is 23.6 Å². The van der Waals surface area contributed by atoms with Crippen molar-refractivity contribution in [3.63, 3.8) is 0 Å². The third-order valence-electron chi connectivity index (χ3n) is 2.87. The van der Waals surface area contributed by atoms with Gasteiger partial charge in [-0.25, -0.2) is 14.3 Å². The molecule has 9 nitrogen and oxygen atoms in total. The molecular formula is C9H16N4O5S2. The average Bonchev–Trinajstić information content (AvgIpc) is 2.82. The number of nitrogens with zero attached hydrogens (tertiary/aromatic N) is 2. The van der Waals surface area contributed by atoms with E-state index in [1.54, 1.807) is 0 Å². The predicted octanol–water partition coefficient (Wildman–Crippen LogP) is 0.333. The third-order valence-corrected chi connectivity index (χ3v) is 6.45. The summed E-state index contributed by atoms with van der Waals surface area (Å²) >= 11 is 0.661. The van der Waals surface area contributed by atoms with E-state index in [0.29, 0.717) is 11.3 Å². The molecule has 114 valence electrons. The van der Waals surface area contributed by atoms with Crippen LogP contribution in [0.15, 0.2) is 10.3 Å². The van der Waals surface area contributed by atoms with E-state index in [9.17, 15) is 23.6 Å². The quantitative estimate of drug-likeness (QED) is 0.389. The van der Waals surface area contributed by atoms with Gasteiger partial charge in [0, 0.05) is 13.1 Å². The fraction of sp³-hybridized carbons (Fsp3) is 0.556. The number of likely N-dealkylation sites (N-methyl/N-ethyl adjacent to an activating group) is 1. The van der Waals surface area contributed by atoms with E-state index < -0.39 is 32.8 Å². The number of hydrogen-bond donors (Lipinski definition) is 3. The SMILES string of the molecule is CN(C(C)(C)CO)S(=O)(=O)c1cc([N+](=O)[O-])c(NN)s1. The molecule has 20 heavy (non-hydrogen) atoms. The second-order valence-electron chi connectivity index (χ2n) is 4.62. The summed E-state index contributed by atoms with van der Waals surface area (Å²) in [5.41, 5.74) is 0.661. The number of sulfonamides is 1. The van der Waals surface area contributed by atoms with Crippen molar-refractivity contribution in [3.8, 4) is 0 Å². The summed E-state index contributed by atoms with van der Waals surface area (Å²) in [6.45, 7) is 2.68. The molecule has 1 rings (SSSR count). The number of aliphatic hydroxyl groups excluding tert-OH is 1. The second-order valence-corrected chi connectivity index (χ2v) is 7.87. The molecule has 0 aliphatic heterocycles. The van der Waals surface area contributed by atoms with E-state index in [0.717, 1.165) is 10.4 Å². The van der Waals surface area contributed by atoms with Crippen LogP contribution >= 0.6 is 11.3 Å². The molecule has 11 heteroatoms. The van der Waals surface area contributed by atoms with E-state index in [1.165, 1.54) is 20.9 Å². The van der Waals surface area contributed by atoms with Crippen LogP contribution in [0.25, 0.3) is 0 Å². The number of rotatable bonds is 6. The zero-order valence-electron chi connectivity index (χ0n) is 11.2. The van der Waals surface area contributed by atoms with Gasteiger partial charge < -0.3 is 10.5 Å². The average molecular weight is 324 g/mol. The van der Waals surface area contributed by atoms with E-state index in [-0.39, 0.29) is 9.21 Å². The molecule has 0 bridgehead atoms. The first kappa shape index (κ1) is 16.8. The Morgan fingerprint density at radius 1 is 1.60 bits per heavy atom. The molecule has 0 aliphatic rings. The zero-order valence-corrected chi connectivity index (χ0v) is 12.8. The van der Waals surface area contributed by atoms with Crippen LogP contribution in [0.4, 0.5) is 10.7 Å². The van der Waals surface area contributed by atoms with Gasteiger partial charge in [0.25, 0.3) is 10.0 Å². The monoisotopic (exact) mass is 324 g/mol. The maximum absolute atomic E-state index is 12.4. The molecule has 0 aliphatic carbocycles. The van der Waals surface area contributed by atoms with Crippen LogP contribution < -0.4 is 11.3 Å². The van der Waals surface area contributed by atoms with Crippen LogP contribution in [-0.4, -0.2) is 41.9 Å². The third kappa shape index (κ3) is 2.91. The van der Waals surface area contributed by atoms with Crippen molar-refractivity contribution in [1.29, 1.82) is 0 Å². The number of aliphatic hydroxyl groups is 1. The highest BCUT2D eigenvalue weighted by molar-refractivity contribution is 7.91. The maximum Gasteiger partial charge on any atom is 0.306 e. The first-order valence-corrected chi connectivity index (χ1v) is 7.68. The van der Waals surface area contributed by atoms with Gasteiger partial charge in [-0.2, -0.15) is 4.31 Å². The molecule has 0 saturated heterocycles. The lowest BCUT2D eigenvalue weighted by Crippen LogP contribution is -2.47. The largest absolute Gasteiger partial charge is 0.394 e. The van der Waals surface area contributed by atoms with Gasteiger partial charge in [-0.1, -0.05) is 11.3 Å². The first-order chi connectivity index (χ1) is 9.07. The molecule has 0 aromatic carbocycles. The summed E-state index contributed by atoms with van der Waals surface area (Å²) in [5, 5.41) is 20.0. The number of thiophene rings is 1. The summed E-state index contributed by atoms with van der Waals surface area (Å²) in [6, 6.07) is 0.944. The van der Waals surface area contributed by atoms with Crippen molar-refractivity contribution in [2.75, 3.05) is 19.1 Å². The van der Waals surface area contributed by atoms with E-state index >= 15 is 0 Å². The number of hydrazine groups is 1. The minimum absolute atomic E-state index is 0.0521. The van der Waals surface area contributed by atoms with Gasteiger partial charge in [0.1, 0.15) is 4.21 Å². The Kier molecular flexibility index (Phi) is 4.71. The lowest BCUT2D eigenvalue weighted by molar-refractivity contribution is -0.383. The lowest BCUT2D eigenvalue weighted by Gasteiger charge is -2.32. The van der Waals surface area contributed by atoms with Gasteiger partial charge in [0.2, 0.25) is 0 Å². The molecule has 0 spiro atoms. The number of nitrogens with two attached hydrogens (primary N) is 1. The number of nitrogens with one attached hydrogen (secondary N) is 1.